The summed E-state index contributed by atoms with van der Waals surface area (Å²) in [7, 11) is -1.12. The molecule has 3 N–H and O–H groups in total. The standard InChI is InChI=1S/C24H23N5O2S/c1-32(31)29-19-10-7-16(8-11-19)18-9-12-22(21(13-18)17-5-3-2-4-6-17)28-24(30)23-26-15-20(14-25)27-23/h5,7-13,15,29H,2-4,6H2,1H3,(H,26,27)(H,28,30). The van der Waals surface area contributed by atoms with Crippen LogP contribution < -0.4 is 10.0 Å². The van der Waals surface area contributed by atoms with Gasteiger partial charge in [0.2, 0.25) is 0 Å². The molecule has 0 aliphatic heterocycles. The molecule has 4 rings (SSSR count). The molecule has 0 spiro atoms. The quantitative estimate of drug-likeness (QED) is 0.503. The van der Waals surface area contributed by atoms with Crippen molar-refractivity contribution in [3.05, 3.63) is 71.8 Å². The van der Waals surface area contributed by atoms with Gasteiger partial charge in [-0.15, -0.1) is 0 Å². The maximum Gasteiger partial charge on any atom is 0.291 e. The highest BCUT2D eigenvalue weighted by Crippen LogP contribution is 2.35. The molecule has 162 valence electrons. The van der Waals surface area contributed by atoms with Crippen LogP contribution in [0.3, 0.4) is 0 Å². The first-order valence-electron chi connectivity index (χ1n) is 10.3. The smallest absolute Gasteiger partial charge is 0.291 e. The first kappa shape index (κ1) is 21.5. The van der Waals surface area contributed by atoms with Crippen molar-refractivity contribution < 1.29 is 9.00 Å². The molecule has 32 heavy (non-hydrogen) atoms. The first-order valence-corrected chi connectivity index (χ1v) is 11.9. The zero-order valence-electron chi connectivity index (χ0n) is 17.6. The average molecular weight is 446 g/mol. The Balaban J connectivity index is 1.66. The molecule has 3 aromatic rings. The number of nitrogens with zero attached hydrogens (tertiary/aromatic N) is 2. The van der Waals surface area contributed by atoms with Crippen molar-refractivity contribution in [3.8, 4) is 17.2 Å². The number of H-pyrrole nitrogens is 1. The Morgan fingerprint density at radius 1 is 1.16 bits per heavy atom. The molecule has 1 aliphatic carbocycles. The summed E-state index contributed by atoms with van der Waals surface area (Å²) in [5.41, 5.74) is 6.00. The van der Waals surface area contributed by atoms with Crippen molar-refractivity contribution in [2.75, 3.05) is 16.3 Å². The van der Waals surface area contributed by atoms with Crippen LogP contribution in [0.2, 0.25) is 0 Å². The van der Waals surface area contributed by atoms with Gasteiger partial charge in [0, 0.05) is 23.2 Å². The molecule has 1 heterocycles. The number of hydrogen-bond donors (Lipinski definition) is 3. The topological polar surface area (TPSA) is 111 Å². The lowest BCUT2D eigenvalue weighted by Gasteiger charge is -2.18. The molecule has 0 fully saturated rings. The lowest BCUT2D eigenvalue weighted by molar-refractivity contribution is 0.101. The van der Waals surface area contributed by atoms with Crippen LogP contribution in [0, 0.1) is 11.3 Å². The molecule has 8 heteroatoms. The van der Waals surface area contributed by atoms with Gasteiger partial charge in [0.25, 0.3) is 5.91 Å². The largest absolute Gasteiger partial charge is 0.326 e. The number of aromatic nitrogens is 2. The molecular weight excluding hydrogens is 422 g/mol. The lowest BCUT2D eigenvalue weighted by Crippen LogP contribution is -2.15. The summed E-state index contributed by atoms with van der Waals surface area (Å²) < 4.78 is 14.3. The molecule has 0 saturated heterocycles. The third-order valence-corrected chi connectivity index (χ3v) is 5.82. The number of nitriles is 1. The highest BCUT2D eigenvalue weighted by molar-refractivity contribution is 7.85. The van der Waals surface area contributed by atoms with Gasteiger partial charge in [-0.3, -0.25) is 4.79 Å². The molecule has 1 atom stereocenters. The fourth-order valence-electron chi connectivity index (χ4n) is 3.75. The van der Waals surface area contributed by atoms with Gasteiger partial charge in [0.1, 0.15) is 22.7 Å². The second-order valence-corrected chi connectivity index (χ2v) is 8.69. The lowest BCUT2D eigenvalue weighted by atomic mass is 9.90. The summed E-state index contributed by atoms with van der Waals surface area (Å²) in [4.78, 5) is 19.4. The number of allylic oxidation sites excluding steroid dienone is 2. The zero-order chi connectivity index (χ0) is 22.5. The minimum Gasteiger partial charge on any atom is -0.326 e. The Morgan fingerprint density at radius 3 is 2.59 bits per heavy atom. The Bertz CT molecular complexity index is 1240. The molecule has 1 aromatic heterocycles. The van der Waals surface area contributed by atoms with E-state index >= 15 is 0 Å². The number of carbonyl (C=O) groups is 1. The van der Waals surface area contributed by atoms with Crippen LogP contribution in [0.5, 0.6) is 0 Å². The van der Waals surface area contributed by atoms with Gasteiger partial charge < -0.3 is 15.0 Å². The van der Waals surface area contributed by atoms with E-state index in [1.165, 1.54) is 18.2 Å². The third kappa shape index (κ3) is 4.95. The van der Waals surface area contributed by atoms with Crippen molar-refractivity contribution in [1.82, 2.24) is 9.97 Å². The number of carbonyl (C=O) groups excluding carboxylic acids is 1. The fourth-order valence-corrected chi connectivity index (χ4v) is 4.22. The normalized spacial score (nSPS) is 14.2. The number of hydrogen-bond acceptors (Lipinski definition) is 4. The van der Waals surface area contributed by atoms with Crippen molar-refractivity contribution in [2.24, 2.45) is 0 Å². The number of imidazole rings is 1. The van der Waals surface area contributed by atoms with E-state index in [1.807, 2.05) is 42.5 Å². The number of benzene rings is 2. The summed E-state index contributed by atoms with van der Waals surface area (Å²) in [6.07, 6.45) is 9.43. The summed E-state index contributed by atoms with van der Waals surface area (Å²) in [5, 5.41) is 11.9. The molecular formula is C24H23N5O2S. The predicted molar refractivity (Wildman–Crippen MR) is 127 cm³/mol. The number of rotatable bonds is 6. The number of aromatic amines is 1. The first-order chi connectivity index (χ1) is 15.5. The van der Waals surface area contributed by atoms with Gasteiger partial charge in [0.15, 0.2) is 5.82 Å². The number of amides is 1. The van der Waals surface area contributed by atoms with Crippen LogP contribution in [-0.4, -0.2) is 26.3 Å². The Hall–Kier alpha value is -3.70. The fraction of sp³-hybridized carbons (Fsp3) is 0.208. The van der Waals surface area contributed by atoms with E-state index < -0.39 is 11.0 Å². The van der Waals surface area contributed by atoms with E-state index in [0.29, 0.717) is 5.69 Å². The van der Waals surface area contributed by atoms with Gasteiger partial charge in [-0.05, 0) is 66.6 Å². The molecule has 0 saturated carbocycles. The van der Waals surface area contributed by atoms with Crippen LogP contribution in [0.25, 0.3) is 16.7 Å². The molecule has 7 nitrogen and oxygen atoms in total. The predicted octanol–water partition coefficient (Wildman–Crippen LogP) is 4.86. The van der Waals surface area contributed by atoms with E-state index in [9.17, 15) is 9.00 Å². The summed E-state index contributed by atoms with van der Waals surface area (Å²) in [5.74, 6) is -0.287. The molecule has 1 unspecified atom stereocenters. The second kappa shape index (κ2) is 9.62. The molecule has 0 bridgehead atoms. The van der Waals surface area contributed by atoms with Crippen LogP contribution in [0.4, 0.5) is 11.4 Å². The van der Waals surface area contributed by atoms with Gasteiger partial charge >= 0.3 is 0 Å². The van der Waals surface area contributed by atoms with E-state index in [-0.39, 0.29) is 17.4 Å². The maximum atomic E-state index is 12.7. The highest BCUT2D eigenvalue weighted by Gasteiger charge is 2.17. The number of anilines is 2. The maximum absolute atomic E-state index is 12.7. The van der Waals surface area contributed by atoms with Crippen molar-refractivity contribution >= 4 is 33.8 Å². The second-order valence-electron chi connectivity index (χ2n) is 7.58. The minimum absolute atomic E-state index is 0.102. The van der Waals surface area contributed by atoms with Gasteiger partial charge in [0.05, 0.1) is 6.20 Å². The van der Waals surface area contributed by atoms with E-state index in [2.05, 4.69) is 32.1 Å². The van der Waals surface area contributed by atoms with Crippen molar-refractivity contribution in [2.45, 2.75) is 25.7 Å². The number of nitrogens with one attached hydrogen (secondary N) is 3. The van der Waals surface area contributed by atoms with E-state index in [4.69, 9.17) is 5.26 Å². The zero-order valence-corrected chi connectivity index (χ0v) is 18.5. The van der Waals surface area contributed by atoms with Gasteiger partial charge in [-0.25, -0.2) is 9.19 Å². The van der Waals surface area contributed by atoms with Crippen LogP contribution >= 0.6 is 0 Å². The SMILES string of the molecule is CS(=O)Nc1ccc(-c2ccc(NC(=O)c3ncc(C#N)[nH]3)c(C3=CCCCC3)c2)cc1. The van der Waals surface area contributed by atoms with Gasteiger partial charge in [-0.1, -0.05) is 24.3 Å². The Morgan fingerprint density at radius 2 is 1.94 bits per heavy atom. The molecule has 1 amide bonds. The third-order valence-electron chi connectivity index (χ3n) is 5.30. The van der Waals surface area contributed by atoms with E-state index in [1.54, 1.807) is 6.26 Å². The molecule has 0 radical (unpaired) electrons. The van der Waals surface area contributed by atoms with Crippen molar-refractivity contribution in [1.29, 1.82) is 5.26 Å². The Kier molecular flexibility index (Phi) is 6.47. The summed E-state index contributed by atoms with van der Waals surface area (Å²) >= 11 is 0. The molecule has 1 aliphatic rings. The van der Waals surface area contributed by atoms with E-state index in [0.717, 1.165) is 41.6 Å². The van der Waals surface area contributed by atoms with Crippen LogP contribution in [0.1, 0.15) is 47.6 Å². The Labute approximate surface area is 189 Å². The van der Waals surface area contributed by atoms with Crippen molar-refractivity contribution in [3.63, 3.8) is 0 Å². The van der Waals surface area contributed by atoms with Crippen LogP contribution in [-0.2, 0) is 11.0 Å². The summed E-state index contributed by atoms with van der Waals surface area (Å²) in [6, 6.07) is 15.7. The average Bonchev–Trinajstić information content (AvgIpc) is 3.30. The highest BCUT2D eigenvalue weighted by atomic mass is 32.2. The van der Waals surface area contributed by atoms with Crippen LogP contribution in [0.15, 0.2) is 54.7 Å². The van der Waals surface area contributed by atoms with Gasteiger partial charge in [-0.2, -0.15) is 5.26 Å². The molecule has 2 aromatic carbocycles. The monoisotopic (exact) mass is 445 g/mol. The minimum atomic E-state index is -1.12. The summed E-state index contributed by atoms with van der Waals surface area (Å²) in [6.45, 7) is 0.